The number of hydrogen-bond acceptors (Lipinski definition) is 2. The van der Waals surface area contributed by atoms with Crippen LogP contribution in [0.3, 0.4) is 0 Å². The molecule has 0 saturated carbocycles. The molecule has 22 heavy (non-hydrogen) atoms. The molecule has 5 heteroatoms. The molecule has 1 aliphatic rings. The van der Waals surface area contributed by atoms with Crippen LogP contribution in [0.25, 0.3) is 0 Å². The smallest absolute Gasteiger partial charge is 0.254 e. The Morgan fingerprint density at radius 3 is 2.45 bits per heavy atom. The van der Waals surface area contributed by atoms with Crippen molar-refractivity contribution in [2.24, 2.45) is 0 Å². The van der Waals surface area contributed by atoms with Crippen LogP contribution in [0, 0.1) is 0 Å². The van der Waals surface area contributed by atoms with Crippen LogP contribution >= 0.6 is 23.2 Å². The molecule has 0 bridgehead atoms. The van der Waals surface area contributed by atoms with Gasteiger partial charge in [0.25, 0.3) is 5.91 Å². The number of halogens is 2. The lowest BCUT2D eigenvalue weighted by Crippen LogP contribution is -2.38. The van der Waals surface area contributed by atoms with Gasteiger partial charge in [-0.3, -0.25) is 4.79 Å². The van der Waals surface area contributed by atoms with Gasteiger partial charge in [-0.05, 0) is 37.0 Å². The first-order valence-corrected chi connectivity index (χ1v) is 8.10. The van der Waals surface area contributed by atoms with Crippen molar-refractivity contribution < 1.29 is 4.79 Å². The average molecular weight is 335 g/mol. The number of amides is 1. The van der Waals surface area contributed by atoms with E-state index in [1.165, 1.54) is 5.56 Å². The van der Waals surface area contributed by atoms with Gasteiger partial charge < -0.3 is 4.90 Å². The van der Waals surface area contributed by atoms with Gasteiger partial charge in [-0.2, -0.15) is 0 Å². The summed E-state index contributed by atoms with van der Waals surface area (Å²) in [5.41, 5.74) is 1.66. The molecule has 0 radical (unpaired) electrons. The minimum atomic E-state index is -0.0419. The van der Waals surface area contributed by atoms with E-state index in [9.17, 15) is 4.79 Å². The van der Waals surface area contributed by atoms with E-state index in [4.69, 9.17) is 23.2 Å². The summed E-state index contributed by atoms with van der Waals surface area (Å²) in [6, 6.07) is 13.4. The molecule has 3 nitrogen and oxygen atoms in total. The highest BCUT2D eigenvalue weighted by Crippen LogP contribution is 2.32. The molecule has 2 heterocycles. The predicted molar refractivity (Wildman–Crippen MR) is 88.3 cm³/mol. The largest absolute Gasteiger partial charge is 0.332 e. The van der Waals surface area contributed by atoms with Gasteiger partial charge >= 0.3 is 0 Å². The second-order valence-corrected chi connectivity index (χ2v) is 6.20. The first-order chi connectivity index (χ1) is 10.6. The number of likely N-dealkylation sites (tertiary alicyclic amines) is 1. The lowest BCUT2D eigenvalue weighted by Gasteiger charge is -2.36. The molecule has 1 amide bonds. The SMILES string of the molecule is O=C(c1cc(Cl)nc(Cl)c1)N1CCCCC1c1ccccc1. The van der Waals surface area contributed by atoms with Gasteiger partial charge in [0.2, 0.25) is 0 Å². The normalized spacial score (nSPS) is 18.3. The maximum atomic E-state index is 12.9. The van der Waals surface area contributed by atoms with Crippen LogP contribution in [-0.2, 0) is 0 Å². The fraction of sp³-hybridized carbons (Fsp3) is 0.294. The van der Waals surface area contributed by atoms with E-state index in [1.54, 1.807) is 12.1 Å². The average Bonchev–Trinajstić information content (AvgIpc) is 2.54. The predicted octanol–water partition coefficient (Wildman–Crippen LogP) is 4.76. The number of piperidine rings is 1. The first kappa shape index (κ1) is 15.3. The molecule has 1 aliphatic heterocycles. The molecule has 1 fully saturated rings. The summed E-state index contributed by atoms with van der Waals surface area (Å²) >= 11 is 11.8. The van der Waals surface area contributed by atoms with E-state index >= 15 is 0 Å². The van der Waals surface area contributed by atoms with E-state index in [2.05, 4.69) is 17.1 Å². The summed E-state index contributed by atoms with van der Waals surface area (Å²) in [7, 11) is 0. The third-order valence-corrected chi connectivity index (χ3v) is 4.35. The zero-order valence-corrected chi connectivity index (χ0v) is 13.5. The molecule has 1 unspecified atom stereocenters. The van der Waals surface area contributed by atoms with Gasteiger partial charge in [-0.15, -0.1) is 0 Å². The number of carbonyl (C=O) groups is 1. The van der Waals surface area contributed by atoms with Crippen LogP contribution in [0.4, 0.5) is 0 Å². The minimum Gasteiger partial charge on any atom is -0.332 e. The van der Waals surface area contributed by atoms with Crippen LogP contribution in [0.15, 0.2) is 42.5 Å². The Morgan fingerprint density at radius 1 is 1.09 bits per heavy atom. The molecule has 1 aromatic carbocycles. The van der Waals surface area contributed by atoms with Gasteiger partial charge in [-0.25, -0.2) is 4.98 Å². The van der Waals surface area contributed by atoms with Gasteiger partial charge in [-0.1, -0.05) is 53.5 Å². The highest BCUT2D eigenvalue weighted by atomic mass is 35.5. The van der Waals surface area contributed by atoms with E-state index in [0.29, 0.717) is 5.56 Å². The number of benzene rings is 1. The molecular weight excluding hydrogens is 319 g/mol. The Labute approximate surface area is 139 Å². The van der Waals surface area contributed by atoms with Crippen molar-refractivity contribution in [3.63, 3.8) is 0 Å². The third kappa shape index (κ3) is 3.26. The summed E-state index contributed by atoms with van der Waals surface area (Å²) in [6.07, 6.45) is 3.12. The molecule has 0 aliphatic carbocycles. The van der Waals surface area contributed by atoms with Gasteiger partial charge in [0.1, 0.15) is 10.3 Å². The maximum absolute atomic E-state index is 12.9. The first-order valence-electron chi connectivity index (χ1n) is 7.34. The Bertz CT molecular complexity index is 655. The monoisotopic (exact) mass is 334 g/mol. The van der Waals surface area contributed by atoms with Gasteiger partial charge in [0.15, 0.2) is 0 Å². The number of nitrogens with zero attached hydrogens (tertiary/aromatic N) is 2. The van der Waals surface area contributed by atoms with E-state index < -0.39 is 0 Å². The second kappa shape index (κ2) is 6.67. The molecule has 2 aromatic rings. The van der Waals surface area contributed by atoms with Crippen LogP contribution in [-0.4, -0.2) is 22.3 Å². The van der Waals surface area contributed by atoms with Crippen LogP contribution in [0.1, 0.15) is 41.2 Å². The number of aromatic nitrogens is 1. The molecule has 114 valence electrons. The summed E-state index contributed by atoms with van der Waals surface area (Å²) in [6.45, 7) is 0.746. The quantitative estimate of drug-likeness (QED) is 0.742. The molecule has 0 spiro atoms. The molecule has 3 rings (SSSR count). The summed E-state index contributed by atoms with van der Waals surface area (Å²) < 4.78 is 0. The summed E-state index contributed by atoms with van der Waals surface area (Å²) in [5, 5.41) is 0.480. The lowest BCUT2D eigenvalue weighted by molar-refractivity contribution is 0.0611. The van der Waals surface area contributed by atoms with E-state index in [-0.39, 0.29) is 22.3 Å². The van der Waals surface area contributed by atoms with Crippen molar-refractivity contribution in [1.82, 2.24) is 9.88 Å². The van der Waals surface area contributed by atoms with Crippen molar-refractivity contribution in [2.45, 2.75) is 25.3 Å². The van der Waals surface area contributed by atoms with Crippen LogP contribution in [0.5, 0.6) is 0 Å². The standard InChI is InChI=1S/C17H16Cl2N2O/c18-15-10-13(11-16(19)20-15)17(22)21-9-5-4-8-14(21)12-6-2-1-3-7-12/h1-3,6-7,10-11,14H,4-5,8-9H2. The minimum absolute atomic E-state index is 0.0419. The Balaban J connectivity index is 1.91. The Morgan fingerprint density at radius 2 is 1.77 bits per heavy atom. The Hall–Kier alpha value is -1.58. The van der Waals surface area contributed by atoms with Gasteiger partial charge in [0.05, 0.1) is 6.04 Å². The Kier molecular flexibility index (Phi) is 4.65. The topological polar surface area (TPSA) is 33.2 Å². The van der Waals surface area contributed by atoms with Crippen molar-refractivity contribution in [1.29, 1.82) is 0 Å². The number of carbonyl (C=O) groups excluding carboxylic acids is 1. The molecule has 1 aromatic heterocycles. The van der Waals surface area contributed by atoms with Gasteiger partial charge in [0, 0.05) is 12.1 Å². The van der Waals surface area contributed by atoms with Crippen molar-refractivity contribution in [3.8, 4) is 0 Å². The fourth-order valence-electron chi connectivity index (χ4n) is 2.95. The van der Waals surface area contributed by atoms with E-state index in [0.717, 1.165) is 25.8 Å². The third-order valence-electron chi connectivity index (χ3n) is 3.96. The molecule has 1 saturated heterocycles. The van der Waals surface area contributed by atoms with Crippen LogP contribution < -0.4 is 0 Å². The highest BCUT2D eigenvalue weighted by molar-refractivity contribution is 6.33. The van der Waals surface area contributed by atoms with E-state index in [1.807, 2.05) is 23.1 Å². The maximum Gasteiger partial charge on any atom is 0.254 e. The lowest BCUT2D eigenvalue weighted by atomic mass is 9.94. The zero-order chi connectivity index (χ0) is 15.5. The molecular formula is C17H16Cl2N2O. The number of rotatable bonds is 2. The fourth-order valence-corrected chi connectivity index (χ4v) is 3.41. The molecule has 0 N–H and O–H groups in total. The highest BCUT2D eigenvalue weighted by Gasteiger charge is 2.28. The summed E-state index contributed by atoms with van der Waals surface area (Å²) in [5.74, 6) is -0.0419. The number of pyridine rings is 1. The summed E-state index contributed by atoms with van der Waals surface area (Å²) in [4.78, 5) is 18.7. The zero-order valence-electron chi connectivity index (χ0n) is 12.0. The van der Waals surface area contributed by atoms with Crippen molar-refractivity contribution in [2.75, 3.05) is 6.54 Å². The number of hydrogen-bond donors (Lipinski definition) is 0. The van der Waals surface area contributed by atoms with Crippen LogP contribution in [0.2, 0.25) is 10.3 Å². The van der Waals surface area contributed by atoms with Crippen molar-refractivity contribution in [3.05, 3.63) is 63.9 Å². The van der Waals surface area contributed by atoms with Crippen molar-refractivity contribution >= 4 is 29.1 Å². The molecule has 1 atom stereocenters. The second-order valence-electron chi connectivity index (χ2n) is 5.42.